The quantitative estimate of drug-likeness (QED) is 0.637. The van der Waals surface area contributed by atoms with Crippen molar-refractivity contribution in [2.75, 3.05) is 4.72 Å². The predicted molar refractivity (Wildman–Crippen MR) is 116 cm³/mol. The topological polar surface area (TPSA) is 75.3 Å². The van der Waals surface area contributed by atoms with Crippen LogP contribution in [0, 0.1) is 20.8 Å². The number of carbonyl (C=O) groups is 1. The van der Waals surface area contributed by atoms with Gasteiger partial charge < -0.3 is 5.32 Å². The minimum atomic E-state index is -3.74. The molecular weight excluding hydrogens is 384 g/mol. The van der Waals surface area contributed by atoms with Crippen LogP contribution in [-0.2, 0) is 16.6 Å². The highest BCUT2D eigenvalue weighted by atomic mass is 32.2. The highest BCUT2D eigenvalue weighted by molar-refractivity contribution is 7.92. The van der Waals surface area contributed by atoms with Gasteiger partial charge in [-0.1, -0.05) is 36.4 Å². The van der Waals surface area contributed by atoms with Crippen LogP contribution in [0.5, 0.6) is 0 Å². The van der Waals surface area contributed by atoms with Crippen LogP contribution in [-0.4, -0.2) is 14.3 Å². The highest BCUT2D eigenvalue weighted by Gasteiger charge is 2.16. The van der Waals surface area contributed by atoms with E-state index in [9.17, 15) is 13.2 Å². The molecule has 5 nitrogen and oxygen atoms in total. The standard InChI is InChI=1S/C23H24N2O3S/c1-16-8-6-10-22(18(16)3)25-29(27,28)21-13-11-19(12-14-21)23(26)24-15-20-9-5-4-7-17(20)2/h4-14,25H,15H2,1-3H3,(H,24,26). The maximum absolute atomic E-state index is 12.7. The first-order chi connectivity index (χ1) is 13.8. The molecule has 3 aromatic carbocycles. The number of rotatable bonds is 6. The third-order valence-corrected chi connectivity index (χ3v) is 6.36. The van der Waals surface area contributed by atoms with Crippen LogP contribution in [0.15, 0.2) is 71.6 Å². The van der Waals surface area contributed by atoms with Crippen LogP contribution in [0.4, 0.5) is 5.69 Å². The Bertz CT molecular complexity index is 1140. The normalized spacial score (nSPS) is 11.1. The van der Waals surface area contributed by atoms with Gasteiger partial charge in [-0.3, -0.25) is 9.52 Å². The van der Waals surface area contributed by atoms with Crippen molar-refractivity contribution in [1.29, 1.82) is 0 Å². The van der Waals surface area contributed by atoms with E-state index in [0.29, 0.717) is 17.8 Å². The second-order valence-corrected chi connectivity index (χ2v) is 8.67. The molecule has 0 atom stereocenters. The summed E-state index contributed by atoms with van der Waals surface area (Å²) in [6.45, 7) is 6.20. The van der Waals surface area contributed by atoms with Gasteiger partial charge in [-0.05, 0) is 73.4 Å². The van der Waals surface area contributed by atoms with Crippen molar-refractivity contribution in [3.05, 3.63) is 94.5 Å². The van der Waals surface area contributed by atoms with Crippen LogP contribution < -0.4 is 10.0 Å². The summed E-state index contributed by atoms with van der Waals surface area (Å²) >= 11 is 0. The SMILES string of the molecule is Cc1ccccc1CNC(=O)c1ccc(S(=O)(=O)Nc2cccc(C)c2C)cc1. The number of sulfonamides is 1. The molecular formula is C23H24N2O3S. The molecule has 0 aliphatic rings. The first kappa shape index (κ1) is 20.6. The number of hydrogen-bond acceptors (Lipinski definition) is 3. The van der Waals surface area contributed by atoms with E-state index in [1.807, 2.05) is 57.2 Å². The summed E-state index contributed by atoms with van der Waals surface area (Å²) in [5, 5.41) is 2.86. The molecule has 0 fully saturated rings. The van der Waals surface area contributed by atoms with Crippen LogP contribution in [0.1, 0.15) is 32.6 Å². The van der Waals surface area contributed by atoms with Gasteiger partial charge in [0.2, 0.25) is 0 Å². The first-order valence-corrected chi connectivity index (χ1v) is 10.8. The van der Waals surface area contributed by atoms with E-state index in [0.717, 1.165) is 22.3 Å². The minimum absolute atomic E-state index is 0.105. The largest absolute Gasteiger partial charge is 0.348 e. The molecule has 0 aromatic heterocycles. The van der Waals surface area contributed by atoms with E-state index in [-0.39, 0.29) is 10.8 Å². The van der Waals surface area contributed by atoms with Crippen molar-refractivity contribution in [2.45, 2.75) is 32.2 Å². The van der Waals surface area contributed by atoms with E-state index < -0.39 is 10.0 Å². The molecule has 0 aliphatic heterocycles. The molecule has 2 N–H and O–H groups in total. The van der Waals surface area contributed by atoms with Gasteiger partial charge in [0.1, 0.15) is 0 Å². The van der Waals surface area contributed by atoms with Crippen molar-refractivity contribution in [2.24, 2.45) is 0 Å². The number of amides is 1. The van der Waals surface area contributed by atoms with E-state index in [1.165, 1.54) is 24.3 Å². The molecule has 0 radical (unpaired) electrons. The molecule has 0 unspecified atom stereocenters. The maximum atomic E-state index is 12.7. The number of anilines is 1. The first-order valence-electron chi connectivity index (χ1n) is 9.30. The Kier molecular flexibility index (Phi) is 6.03. The molecule has 0 saturated heterocycles. The summed E-state index contributed by atoms with van der Waals surface area (Å²) in [7, 11) is -3.74. The summed E-state index contributed by atoms with van der Waals surface area (Å²) < 4.78 is 28.0. The smallest absolute Gasteiger partial charge is 0.261 e. The third kappa shape index (κ3) is 4.84. The fraction of sp³-hybridized carbons (Fsp3) is 0.174. The van der Waals surface area contributed by atoms with Crippen LogP contribution in [0.2, 0.25) is 0 Å². The maximum Gasteiger partial charge on any atom is 0.261 e. The Hall–Kier alpha value is -3.12. The van der Waals surface area contributed by atoms with Gasteiger partial charge in [-0.15, -0.1) is 0 Å². The molecule has 0 spiro atoms. The number of carbonyl (C=O) groups excluding carboxylic acids is 1. The van der Waals surface area contributed by atoms with Crippen molar-refractivity contribution in [1.82, 2.24) is 5.32 Å². The molecule has 1 amide bonds. The Labute approximate surface area is 171 Å². The molecule has 0 aliphatic carbocycles. The predicted octanol–water partition coefficient (Wildman–Crippen LogP) is 4.34. The summed E-state index contributed by atoms with van der Waals surface area (Å²) in [4.78, 5) is 12.5. The van der Waals surface area contributed by atoms with E-state index in [1.54, 1.807) is 6.07 Å². The molecule has 0 bridgehead atoms. The lowest BCUT2D eigenvalue weighted by molar-refractivity contribution is 0.0951. The average Bonchev–Trinajstić information content (AvgIpc) is 2.70. The lowest BCUT2D eigenvalue weighted by Crippen LogP contribution is -2.23. The van der Waals surface area contributed by atoms with Gasteiger partial charge in [0.25, 0.3) is 15.9 Å². The van der Waals surface area contributed by atoms with Crippen molar-refractivity contribution in [3.8, 4) is 0 Å². The number of nitrogens with one attached hydrogen (secondary N) is 2. The second kappa shape index (κ2) is 8.49. The zero-order chi connectivity index (χ0) is 21.0. The van der Waals surface area contributed by atoms with Crippen molar-refractivity contribution in [3.63, 3.8) is 0 Å². The monoisotopic (exact) mass is 408 g/mol. The fourth-order valence-corrected chi connectivity index (χ4v) is 4.06. The van der Waals surface area contributed by atoms with Gasteiger partial charge in [0.05, 0.1) is 10.6 Å². The zero-order valence-electron chi connectivity index (χ0n) is 16.7. The van der Waals surface area contributed by atoms with Gasteiger partial charge in [0, 0.05) is 12.1 Å². The molecule has 6 heteroatoms. The minimum Gasteiger partial charge on any atom is -0.348 e. The number of aryl methyl sites for hydroxylation is 2. The summed E-state index contributed by atoms with van der Waals surface area (Å²) in [6.07, 6.45) is 0. The summed E-state index contributed by atoms with van der Waals surface area (Å²) in [5.74, 6) is -0.250. The van der Waals surface area contributed by atoms with Crippen molar-refractivity contribution >= 4 is 21.6 Å². The molecule has 3 rings (SSSR count). The molecule has 3 aromatic rings. The van der Waals surface area contributed by atoms with E-state index in [2.05, 4.69) is 10.0 Å². The average molecular weight is 409 g/mol. The van der Waals surface area contributed by atoms with Crippen LogP contribution in [0.25, 0.3) is 0 Å². The van der Waals surface area contributed by atoms with Crippen LogP contribution in [0.3, 0.4) is 0 Å². The molecule has 29 heavy (non-hydrogen) atoms. The number of hydrogen-bond donors (Lipinski definition) is 2. The Morgan fingerprint density at radius 1 is 0.828 bits per heavy atom. The summed E-state index contributed by atoms with van der Waals surface area (Å²) in [6, 6.07) is 19.2. The lowest BCUT2D eigenvalue weighted by Gasteiger charge is -2.12. The van der Waals surface area contributed by atoms with Gasteiger partial charge in [-0.2, -0.15) is 0 Å². The van der Waals surface area contributed by atoms with E-state index >= 15 is 0 Å². The second-order valence-electron chi connectivity index (χ2n) is 6.99. The van der Waals surface area contributed by atoms with Crippen molar-refractivity contribution < 1.29 is 13.2 Å². The van der Waals surface area contributed by atoms with Gasteiger partial charge in [-0.25, -0.2) is 8.42 Å². The molecule has 0 saturated carbocycles. The molecule has 0 heterocycles. The van der Waals surface area contributed by atoms with Crippen LogP contribution >= 0.6 is 0 Å². The van der Waals surface area contributed by atoms with Gasteiger partial charge in [0.15, 0.2) is 0 Å². The summed E-state index contributed by atoms with van der Waals surface area (Å²) in [5.41, 5.74) is 4.98. The number of benzene rings is 3. The lowest BCUT2D eigenvalue weighted by atomic mass is 10.1. The Morgan fingerprint density at radius 3 is 2.17 bits per heavy atom. The Morgan fingerprint density at radius 2 is 1.48 bits per heavy atom. The van der Waals surface area contributed by atoms with E-state index in [4.69, 9.17) is 0 Å². The van der Waals surface area contributed by atoms with Gasteiger partial charge >= 0.3 is 0 Å². The zero-order valence-corrected chi connectivity index (χ0v) is 17.5. The third-order valence-electron chi connectivity index (χ3n) is 4.98. The fourth-order valence-electron chi connectivity index (χ4n) is 2.94. The Balaban J connectivity index is 1.71. The molecule has 150 valence electrons. The highest BCUT2D eigenvalue weighted by Crippen LogP contribution is 2.22.